The maximum atomic E-state index is 10.9. The van der Waals surface area contributed by atoms with Gasteiger partial charge in [0.25, 0.3) is 0 Å². The molecular formula is C13H22N2O4. The molecule has 1 N–H and O–H groups in total. The molecule has 0 saturated carbocycles. The molecule has 1 aliphatic rings. The van der Waals surface area contributed by atoms with Crippen molar-refractivity contribution in [1.82, 2.24) is 5.48 Å². The van der Waals surface area contributed by atoms with Crippen molar-refractivity contribution in [1.29, 1.82) is 0 Å². The van der Waals surface area contributed by atoms with Gasteiger partial charge in [-0.15, -0.1) is 0 Å². The topological polar surface area (TPSA) is 73.6 Å². The Kier molecular flexibility index (Phi) is 5.98. The molecule has 0 aromatic carbocycles. The molecule has 0 fully saturated rings. The van der Waals surface area contributed by atoms with Crippen LogP contribution >= 0.6 is 0 Å². The minimum Gasteiger partial charge on any atom is -0.414 e. The highest BCUT2D eigenvalue weighted by Gasteiger charge is 2.29. The van der Waals surface area contributed by atoms with Crippen molar-refractivity contribution in [2.75, 3.05) is 7.11 Å². The Bertz CT molecular complexity index is 368. The van der Waals surface area contributed by atoms with Gasteiger partial charge in [0.1, 0.15) is 5.76 Å². The van der Waals surface area contributed by atoms with Crippen LogP contribution in [0.1, 0.15) is 33.1 Å². The number of rotatable bonds is 7. The summed E-state index contributed by atoms with van der Waals surface area (Å²) in [5.74, 6) is 0.580. The van der Waals surface area contributed by atoms with Gasteiger partial charge in [-0.2, -0.15) is 5.48 Å². The maximum Gasteiger partial charge on any atom is 0.231 e. The zero-order valence-corrected chi connectivity index (χ0v) is 11.7. The molecule has 0 aromatic rings. The minimum absolute atomic E-state index is 0.0334. The van der Waals surface area contributed by atoms with Gasteiger partial charge in [-0.25, -0.2) is 0 Å². The van der Waals surface area contributed by atoms with Crippen LogP contribution in [0, 0.1) is 10.1 Å². The van der Waals surface area contributed by atoms with Crippen LogP contribution in [0.3, 0.4) is 0 Å². The predicted octanol–water partition coefficient (Wildman–Crippen LogP) is 2.20. The molecule has 0 spiro atoms. The van der Waals surface area contributed by atoms with Gasteiger partial charge >= 0.3 is 0 Å². The summed E-state index contributed by atoms with van der Waals surface area (Å²) in [6.07, 6.45) is 3.54. The van der Waals surface area contributed by atoms with Crippen LogP contribution < -0.4 is 5.48 Å². The molecule has 0 aromatic heterocycles. The Balaban J connectivity index is 2.64. The van der Waals surface area contributed by atoms with Crippen molar-refractivity contribution in [2.45, 2.75) is 51.3 Å². The summed E-state index contributed by atoms with van der Waals surface area (Å²) in [6, 6.07) is -0.568. The quantitative estimate of drug-likeness (QED) is 0.332. The van der Waals surface area contributed by atoms with Crippen LogP contribution in [0.4, 0.5) is 0 Å². The fourth-order valence-corrected chi connectivity index (χ4v) is 2.18. The molecule has 1 aliphatic carbocycles. The second kappa shape index (κ2) is 7.25. The highest BCUT2D eigenvalue weighted by atomic mass is 16.6. The highest BCUT2D eigenvalue weighted by molar-refractivity contribution is 5.16. The molecular weight excluding hydrogens is 248 g/mol. The number of hydroxylamine groups is 1. The van der Waals surface area contributed by atoms with Gasteiger partial charge in [-0.05, 0) is 38.3 Å². The van der Waals surface area contributed by atoms with Crippen molar-refractivity contribution >= 4 is 0 Å². The average molecular weight is 270 g/mol. The number of nitrogens with one attached hydrogen (secondary N) is 1. The Morgan fingerprint density at radius 3 is 2.89 bits per heavy atom. The van der Waals surface area contributed by atoms with Crippen LogP contribution in [-0.4, -0.2) is 30.2 Å². The van der Waals surface area contributed by atoms with Gasteiger partial charge in [0.15, 0.2) is 0 Å². The van der Waals surface area contributed by atoms with E-state index in [1.807, 2.05) is 6.92 Å². The van der Waals surface area contributed by atoms with E-state index in [4.69, 9.17) is 9.57 Å². The predicted molar refractivity (Wildman–Crippen MR) is 72.0 cm³/mol. The second-order valence-corrected chi connectivity index (χ2v) is 4.92. The van der Waals surface area contributed by atoms with E-state index >= 15 is 0 Å². The third-order valence-corrected chi connectivity index (χ3v) is 3.08. The molecule has 0 heterocycles. The van der Waals surface area contributed by atoms with E-state index in [1.54, 1.807) is 20.1 Å². The fourth-order valence-electron chi connectivity index (χ4n) is 2.18. The molecule has 0 bridgehead atoms. The van der Waals surface area contributed by atoms with Crippen molar-refractivity contribution in [3.8, 4) is 0 Å². The molecule has 3 atom stereocenters. The summed E-state index contributed by atoms with van der Waals surface area (Å²) in [7, 11) is 1.63. The summed E-state index contributed by atoms with van der Waals surface area (Å²) in [4.78, 5) is 15.8. The minimum atomic E-state index is -0.601. The Labute approximate surface area is 113 Å². The summed E-state index contributed by atoms with van der Waals surface area (Å²) < 4.78 is 5.38. The summed E-state index contributed by atoms with van der Waals surface area (Å²) in [5, 5.41) is 10.9. The lowest BCUT2D eigenvalue weighted by Gasteiger charge is -2.26. The lowest BCUT2D eigenvalue weighted by Crippen LogP contribution is -2.33. The van der Waals surface area contributed by atoms with Crippen LogP contribution in [-0.2, 0) is 9.57 Å². The largest absolute Gasteiger partial charge is 0.414 e. The third kappa shape index (κ3) is 5.00. The van der Waals surface area contributed by atoms with Crippen molar-refractivity contribution in [3.05, 3.63) is 34.1 Å². The zero-order chi connectivity index (χ0) is 14.4. The van der Waals surface area contributed by atoms with Crippen molar-refractivity contribution < 1.29 is 14.5 Å². The van der Waals surface area contributed by atoms with Crippen LogP contribution in [0.2, 0.25) is 0 Å². The lowest BCUT2D eigenvalue weighted by molar-refractivity contribution is -0.511. The van der Waals surface area contributed by atoms with Gasteiger partial charge in [0.05, 0.1) is 6.10 Å². The number of allylic oxidation sites excluding steroid dienone is 1. The molecule has 6 heteroatoms. The van der Waals surface area contributed by atoms with E-state index in [9.17, 15) is 10.1 Å². The van der Waals surface area contributed by atoms with Crippen molar-refractivity contribution in [3.63, 3.8) is 0 Å². The first-order chi connectivity index (χ1) is 8.93. The zero-order valence-electron chi connectivity index (χ0n) is 11.7. The second-order valence-electron chi connectivity index (χ2n) is 4.92. The standard InChI is InChI=1S/C13H22N2O4/c1-9(2)19-14-10(3)7-11-8-12(15(16)17)5-6-13(11)18-4/h8,10,12-14H,1,5-7H2,2-4H3/t10?,12-,13?/m1/s1. The van der Waals surface area contributed by atoms with E-state index < -0.39 is 6.04 Å². The summed E-state index contributed by atoms with van der Waals surface area (Å²) in [5.41, 5.74) is 3.81. The van der Waals surface area contributed by atoms with E-state index in [2.05, 4.69) is 12.1 Å². The first kappa shape index (κ1) is 15.7. The molecule has 0 saturated heterocycles. The summed E-state index contributed by atoms with van der Waals surface area (Å²) in [6.45, 7) is 7.33. The Hall–Kier alpha value is -1.40. The molecule has 108 valence electrons. The number of methoxy groups -OCH3 is 1. The van der Waals surface area contributed by atoms with Crippen LogP contribution in [0.15, 0.2) is 24.0 Å². The van der Waals surface area contributed by atoms with Gasteiger partial charge in [-0.1, -0.05) is 6.58 Å². The normalized spacial score (nSPS) is 24.5. The van der Waals surface area contributed by atoms with E-state index in [1.165, 1.54) is 0 Å². The molecule has 6 nitrogen and oxygen atoms in total. The van der Waals surface area contributed by atoms with Gasteiger partial charge in [-0.3, -0.25) is 10.1 Å². The number of nitrogens with zero attached hydrogens (tertiary/aromatic N) is 1. The van der Waals surface area contributed by atoms with Crippen LogP contribution in [0.25, 0.3) is 0 Å². The Morgan fingerprint density at radius 1 is 1.68 bits per heavy atom. The first-order valence-corrected chi connectivity index (χ1v) is 6.38. The maximum absolute atomic E-state index is 10.9. The molecule has 1 rings (SSSR count). The van der Waals surface area contributed by atoms with E-state index in [0.717, 1.165) is 5.57 Å². The first-order valence-electron chi connectivity index (χ1n) is 6.38. The van der Waals surface area contributed by atoms with Crippen LogP contribution in [0.5, 0.6) is 0 Å². The van der Waals surface area contributed by atoms with Gasteiger partial charge < -0.3 is 9.57 Å². The number of hydrogen-bond acceptors (Lipinski definition) is 5. The molecule has 19 heavy (non-hydrogen) atoms. The highest BCUT2D eigenvalue weighted by Crippen LogP contribution is 2.26. The molecule has 2 unspecified atom stereocenters. The average Bonchev–Trinajstić information content (AvgIpc) is 2.36. The number of hydrogen-bond donors (Lipinski definition) is 1. The SMILES string of the molecule is C=C(C)ONC(C)CC1=C[C@H]([N+](=O)[O-])CCC1OC. The van der Waals surface area contributed by atoms with E-state index in [0.29, 0.717) is 25.0 Å². The van der Waals surface area contributed by atoms with Crippen molar-refractivity contribution in [2.24, 2.45) is 0 Å². The molecule has 0 radical (unpaired) electrons. The number of nitro groups is 1. The van der Waals surface area contributed by atoms with Gasteiger partial charge in [0.2, 0.25) is 6.04 Å². The Morgan fingerprint density at radius 2 is 2.37 bits per heavy atom. The lowest BCUT2D eigenvalue weighted by atomic mass is 9.89. The monoisotopic (exact) mass is 270 g/mol. The molecule has 0 aliphatic heterocycles. The van der Waals surface area contributed by atoms with Gasteiger partial charge in [0, 0.05) is 24.5 Å². The number of ether oxygens (including phenoxy) is 1. The van der Waals surface area contributed by atoms with E-state index in [-0.39, 0.29) is 17.1 Å². The smallest absolute Gasteiger partial charge is 0.231 e. The molecule has 0 amide bonds. The third-order valence-electron chi connectivity index (χ3n) is 3.08. The summed E-state index contributed by atoms with van der Waals surface area (Å²) >= 11 is 0. The fraction of sp³-hybridized carbons (Fsp3) is 0.692.